The second-order valence-electron chi connectivity index (χ2n) is 6.73. The van der Waals surface area contributed by atoms with Crippen LogP contribution in [0.4, 0.5) is 0 Å². The van der Waals surface area contributed by atoms with Gasteiger partial charge in [-0.25, -0.2) is 0 Å². The average Bonchev–Trinajstić information content (AvgIpc) is 2.55. The molecule has 0 radical (unpaired) electrons. The monoisotopic (exact) mass is 357 g/mol. The molecule has 2 rings (SSSR count). The summed E-state index contributed by atoms with van der Waals surface area (Å²) in [7, 11) is 0. The summed E-state index contributed by atoms with van der Waals surface area (Å²) in [6, 6.07) is 17.2. The standard InChI is InChI=1S/C21H24ClNO2/c1-16(24)12-13-23(20(25)14-17-8-5-4-6-9-17)21(2,3)18-10-7-11-19(22)15-18/h4-11,15H,12-14H2,1-3H3. The molecule has 2 aromatic carbocycles. The first-order valence-electron chi connectivity index (χ1n) is 8.40. The highest BCUT2D eigenvalue weighted by atomic mass is 35.5. The van der Waals surface area contributed by atoms with Gasteiger partial charge in [0.25, 0.3) is 0 Å². The number of benzene rings is 2. The molecule has 0 fully saturated rings. The van der Waals surface area contributed by atoms with Crippen molar-refractivity contribution in [2.24, 2.45) is 0 Å². The number of carbonyl (C=O) groups is 2. The summed E-state index contributed by atoms with van der Waals surface area (Å²) in [6.45, 7) is 5.91. The number of amides is 1. The number of hydrogen-bond acceptors (Lipinski definition) is 2. The summed E-state index contributed by atoms with van der Waals surface area (Å²) in [5, 5.41) is 0.632. The van der Waals surface area contributed by atoms with Gasteiger partial charge in [-0.1, -0.05) is 54.1 Å². The normalized spacial score (nSPS) is 11.2. The molecule has 4 heteroatoms. The van der Waals surface area contributed by atoms with Gasteiger partial charge in [0.15, 0.2) is 0 Å². The van der Waals surface area contributed by atoms with Crippen LogP contribution in [-0.2, 0) is 21.5 Å². The van der Waals surface area contributed by atoms with Crippen LogP contribution in [0.5, 0.6) is 0 Å². The Morgan fingerprint density at radius 1 is 1.04 bits per heavy atom. The van der Waals surface area contributed by atoms with Crippen LogP contribution in [0.1, 0.15) is 38.3 Å². The fraction of sp³-hybridized carbons (Fsp3) is 0.333. The SMILES string of the molecule is CC(=O)CCN(C(=O)Cc1ccccc1)C(C)(C)c1cccc(Cl)c1. The summed E-state index contributed by atoms with van der Waals surface area (Å²) in [4.78, 5) is 26.3. The Kier molecular flexibility index (Phi) is 6.38. The van der Waals surface area contributed by atoms with E-state index in [0.29, 0.717) is 24.4 Å². The Morgan fingerprint density at radius 2 is 1.72 bits per heavy atom. The molecule has 0 heterocycles. The van der Waals surface area contributed by atoms with E-state index in [-0.39, 0.29) is 11.7 Å². The highest BCUT2D eigenvalue weighted by Gasteiger charge is 2.32. The summed E-state index contributed by atoms with van der Waals surface area (Å²) < 4.78 is 0. The topological polar surface area (TPSA) is 37.4 Å². The molecule has 2 aromatic rings. The van der Waals surface area contributed by atoms with Gasteiger partial charge in [0.1, 0.15) is 5.78 Å². The summed E-state index contributed by atoms with van der Waals surface area (Å²) in [6.07, 6.45) is 0.646. The van der Waals surface area contributed by atoms with E-state index < -0.39 is 5.54 Å². The van der Waals surface area contributed by atoms with Crippen molar-refractivity contribution in [1.29, 1.82) is 0 Å². The quantitative estimate of drug-likeness (QED) is 0.724. The Bertz CT molecular complexity index is 741. The maximum Gasteiger partial charge on any atom is 0.227 e. The van der Waals surface area contributed by atoms with E-state index in [2.05, 4.69) is 0 Å². The van der Waals surface area contributed by atoms with Crippen LogP contribution < -0.4 is 0 Å². The maximum absolute atomic E-state index is 13.0. The molecular formula is C21H24ClNO2. The van der Waals surface area contributed by atoms with Crippen molar-refractivity contribution in [2.45, 2.75) is 39.2 Å². The first kappa shape index (κ1) is 19.2. The molecule has 132 valence electrons. The molecule has 3 nitrogen and oxygen atoms in total. The minimum absolute atomic E-state index is 0.00238. The average molecular weight is 358 g/mol. The lowest BCUT2D eigenvalue weighted by Gasteiger charge is -2.39. The number of carbonyl (C=O) groups excluding carboxylic acids is 2. The molecule has 0 saturated heterocycles. The molecule has 0 spiro atoms. The van der Waals surface area contributed by atoms with Gasteiger partial charge < -0.3 is 4.90 Å². The van der Waals surface area contributed by atoms with Crippen LogP contribution in [0.15, 0.2) is 54.6 Å². The van der Waals surface area contributed by atoms with Gasteiger partial charge in [-0.3, -0.25) is 9.59 Å². The highest BCUT2D eigenvalue weighted by molar-refractivity contribution is 6.30. The Labute approximate surface area is 154 Å². The van der Waals surface area contributed by atoms with E-state index >= 15 is 0 Å². The fourth-order valence-electron chi connectivity index (χ4n) is 2.88. The third kappa shape index (κ3) is 5.17. The molecule has 0 aliphatic carbocycles. The number of halogens is 1. The highest BCUT2D eigenvalue weighted by Crippen LogP contribution is 2.30. The van der Waals surface area contributed by atoms with Crippen LogP contribution >= 0.6 is 11.6 Å². The van der Waals surface area contributed by atoms with Crippen molar-refractivity contribution >= 4 is 23.3 Å². The van der Waals surface area contributed by atoms with Crippen molar-refractivity contribution in [2.75, 3.05) is 6.54 Å². The van der Waals surface area contributed by atoms with Crippen LogP contribution in [0.3, 0.4) is 0 Å². The molecule has 0 unspecified atom stereocenters. The van der Waals surface area contributed by atoms with Crippen molar-refractivity contribution in [3.63, 3.8) is 0 Å². The van der Waals surface area contributed by atoms with Crippen LogP contribution in [0, 0.1) is 0 Å². The van der Waals surface area contributed by atoms with Crippen LogP contribution in [0.25, 0.3) is 0 Å². The van der Waals surface area contributed by atoms with Crippen molar-refractivity contribution in [1.82, 2.24) is 4.90 Å². The van der Waals surface area contributed by atoms with Crippen molar-refractivity contribution < 1.29 is 9.59 Å². The molecule has 0 aromatic heterocycles. The maximum atomic E-state index is 13.0. The number of ketones is 1. The second-order valence-corrected chi connectivity index (χ2v) is 7.17. The first-order chi connectivity index (χ1) is 11.8. The van der Waals surface area contributed by atoms with Crippen LogP contribution in [0.2, 0.25) is 5.02 Å². The molecule has 0 N–H and O–H groups in total. The van der Waals surface area contributed by atoms with Gasteiger partial charge in [0, 0.05) is 18.0 Å². The van der Waals surface area contributed by atoms with Gasteiger partial charge in [0.05, 0.1) is 12.0 Å². The minimum atomic E-state index is -0.563. The molecular weight excluding hydrogens is 334 g/mol. The lowest BCUT2D eigenvalue weighted by Crippen LogP contribution is -2.47. The van der Waals surface area contributed by atoms with Crippen molar-refractivity contribution in [3.05, 3.63) is 70.7 Å². The summed E-state index contributed by atoms with van der Waals surface area (Å²) >= 11 is 6.13. The summed E-state index contributed by atoms with van der Waals surface area (Å²) in [5.74, 6) is 0.0665. The summed E-state index contributed by atoms with van der Waals surface area (Å²) in [5.41, 5.74) is 1.35. The predicted molar refractivity (Wildman–Crippen MR) is 102 cm³/mol. The second kappa shape index (κ2) is 8.30. The fourth-order valence-corrected chi connectivity index (χ4v) is 3.07. The molecule has 0 saturated carbocycles. The van der Waals surface area contributed by atoms with Gasteiger partial charge in [-0.05, 0) is 44.0 Å². The molecule has 0 atom stereocenters. The van der Waals surface area contributed by atoms with E-state index in [9.17, 15) is 9.59 Å². The molecule has 1 amide bonds. The van der Waals surface area contributed by atoms with E-state index in [1.54, 1.807) is 11.8 Å². The zero-order chi connectivity index (χ0) is 18.4. The van der Waals surface area contributed by atoms with Gasteiger partial charge in [-0.15, -0.1) is 0 Å². The predicted octanol–water partition coefficient (Wildman–Crippen LogP) is 4.63. The molecule has 25 heavy (non-hydrogen) atoms. The largest absolute Gasteiger partial charge is 0.333 e. The Hall–Kier alpha value is -2.13. The van der Waals surface area contributed by atoms with E-state index in [0.717, 1.165) is 11.1 Å². The van der Waals surface area contributed by atoms with E-state index in [4.69, 9.17) is 11.6 Å². The Balaban J connectivity index is 2.30. The third-order valence-electron chi connectivity index (χ3n) is 4.39. The third-order valence-corrected chi connectivity index (χ3v) is 4.63. The zero-order valence-electron chi connectivity index (χ0n) is 15.0. The number of nitrogens with zero attached hydrogens (tertiary/aromatic N) is 1. The molecule has 0 aliphatic rings. The number of hydrogen-bond donors (Lipinski definition) is 0. The van der Waals surface area contributed by atoms with Gasteiger partial charge >= 0.3 is 0 Å². The molecule has 0 aliphatic heterocycles. The lowest BCUT2D eigenvalue weighted by atomic mass is 9.91. The van der Waals surface area contributed by atoms with E-state index in [1.165, 1.54) is 0 Å². The molecule has 0 bridgehead atoms. The number of rotatable bonds is 7. The first-order valence-corrected chi connectivity index (χ1v) is 8.78. The van der Waals surface area contributed by atoms with E-state index in [1.807, 2.05) is 68.4 Å². The van der Waals surface area contributed by atoms with Crippen molar-refractivity contribution in [3.8, 4) is 0 Å². The zero-order valence-corrected chi connectivity index (χ0v) is 15.7. The van der Waals surface area contributed by atoms with Crippen LogP contribution in [-0.4, -0.2) is 23.1 Å². The van der Waals surface area contributed by atoms with Gasteiger partial charge in [0.2, 0.25) is 5.91 Å². The van der Waals surface area contributed by atoms with Gasteiger partial charge in [-0.2, -0.15) is 0 Å². The Morgan fingerprint density at radius 3 is 2.32 bits per heavy atom. The minimum Gasteiger partial charge on any atom is -0.333 e. The lowest BCUT2D eigenvalue weighted by molar-refractivity contribution is -0.136. The smallest absolute Gasteiger partial charge is 0.227 e. The number of Topliss-reactive ketones (excluding diaryl/α,β-unsaturated/α-hetero) is 1.